The van der Waals surface area contributed by atoms with E-state index in [1.165, 1.54) is 24.3 Å². The van der Waals surface area contributed by atoms with Crippen molar-refractivity contribution in [1.82, 2.24) is 0 Å². The number of thiophene rings is 1. The highest BCUT2D eigenvalue weighted by Crippen LogP contribution is 2.23. The van der Waals surface area contributed by atoms with Crippen molar-refractivity contribution < 1.29 is 4.92 Å². The van der Waals surface area contributed by atoms with Crippen molar-refractivity contribution in [1.29, 1.82) is 0 Å². The fraction of sp³-hybridized carbons (Fsp3) is 0.143. The number of rotatable bonds is 2. The van der Waals surface area contributed by atoms with Crippen molar-refractivity contribution in [3.63, 3.8) is 0 Å². The van der Waals surface area contributed by atoms with Crippen molar-refractivity contribution in [3.05, 3.63) is 37.2 Å². The number of hydrogen-bond acceptors (Lipinski definition) is 3. The average molecular weight is 204 g/mol. The minimum Gasteiger partial charge on any atom is -0.259 e. The van der Waals surface area contributed by atoms with Gasteiger partial charge in [-0.2, -0.15) is 0 Å². The Morgan fingerprint density at radius 3 is 2.83 bits per heavy atom. The Labute approximate surface area is 78.4 Å². The number of halogens is 1. The Hall–Kier alpha value is -0.870. The van der Waals surface area contributed by atoms with Gasteiger partial charge in [-0.3, -0.25) is 10.1 Å². The Balaban J connectivity index is 2.87. The molecule has 0 fully saturated rings. The molecule has 0 N–H and O–H groups in total. The second-order valence-corrected chi connectivity index (χ2v) is 3.93. The van der Waals surface area contributed by atoms with Crippen molar-refractivity contribution in [2.24, 2.45) is 0 Å². The molecule has 0 aliphatic carbocycles. The van der Waals surface area contributed by atoms with Crippen LogP contribution in [0.4, 0.5) is 0 Å². The molecular weight excluding hydrogens is 198 g/mol. The van der Waals surface area contributed by atoms with E-state index in [-0.39, 0.29) is 5.70 Å². The summed E-state index contributed by atoms with van der Waals surface area (Å²) >= 11 is 6.96. The van der Waals surface area contributed by atoms with E-state index in [4.69, 9.17) is 11.6 Å². The number of allylic oxidation sites excluding steroid dienone is 1. The van der Waals surface area contributed by atoms with Gasteiger partial charge in [-0.25, -0.2) is 0 Å². The molecular formula is C7H6ClNO2S. The third-order valence-corrected chi connectivity index (χ3v) is 2.41. The maximum absolute atomic E-state index is 10.2. The van der Waals surface area contributed by atoms with Gasteiger partial charge in [-0.1, -0.05) is 11.6 Å². The number of hydrogen-bond donors (Lipinski definition) is 0. The van der Waals surface area contributed by atoms with Crippen LogP contribution in [0.5, 0.6) is 0 Å². The molecule has 3 nitrogen and oxygen atoms in total. The minimum atomic E-state index is -0.423. The maximum atomic E-state index is 10.2. The molecule has 0 atom stereocenters. The topological polar surface area (TPSA) is 43.1 Å². The molecule has 0 bridgehead atoms. The Morgan fingerprint density at radius 2 is 2.42 bits per heavy atom. The van der Waals surface area contributed by atoms with Gasteiger partial charge in [-0.15, -0.1) is 11.3 Å². The first-order valence-electron chi connectivity index (χ1n) is 3.17. The summed E-state index contributed by atoms with van der Waals surface area (Å²) in [6.07, 6.45) is 1.50. The first-order chi connectivity index (χ1) is 5.59. The van der Waals surface area contributed by atoms with Crippen molar-refractivity contribution >= 4 is 29.0 Å². The van der Waals surface area contributed by atoms with Gasteiger partial charge in [0.15, 0.2) is 0 Å². The number of nitrogens with zero attached hydrogens (tertiary/aromatic N) is 1. The zero-order valence-corrected chi connectivity index (χ0v) is 7.85. The second-order valence-electron chi connectivity index (χ2n) is 2.18. The third-order valence-electron chi connectivity index (χ3n) is 1.23. The third kappa shape index (κ3) is 2.32. The molecule has 1 heterocycles. The van der Waals surface area contributed by atoms with Crippen LogP contribution >= 0.6 is 22.9 Å². The van der Waals surface area contributed by atoms with Gasteiger partial charge in [0.25, 0.3) is 0 Å². The van der Waals surface area contributed by atoms with E-state index < -0.39 is 4.92 Å². The lowest BCUT2D eigenvalue weighted by molar-refractivity contribution is -0.422. The van der Waals surface area contributed by atoms with Crippen LogP contribution in [0, 0.1) is 10.1 Å². The van der Waals surface area contributed by atoms with Crippen molar-refractivity contribution in [2.45, 2.75) is 6.92 Å². The SMILES string of the molecule is CC(=Cc1ccc(Cl)s1)[N+](=O)[O-]. The summed E-state index contributed by atoms with van der Waals surface area (Å²) in [5, 5.41) is 10.2. The fourth-order valence-electron chi connectivity index (χ4n) is 0.664. The van der Waals surface area contributed by atoms with Crippen LogP contribution in [0.25, 0.3) is 6.08 Å². The first-order valence-corrected chi connectivity index (χ1v) is 4.37. The van der Waals surface area contributed by atoms with Gasteiger partial charge in [-0.05, 0) is 12.1 Å². The molecule has 1 aromatic heterocycles. The fourth-order valence-corrected chi connectivity index (χ4v) is 1.72. The van der Waals surface area contributed by atoms with Gasteiger partial charge in [0.2, 0.25) is 5.70 Å². The van der Waals surface area contributed by atoms with Gasteiger partial charge in [0.1, 0.15) is 0 Å². The Morgan fingerprint density at radius 1 is 1.75 bits per heavy atom. The summed E-state index contributed by atoms with van der Waals surface area (Å²) in [6, 6.07) is 3.46. The lowest BCUT2D eigenvalue weighted by atomic mass is 10.4. The van der Waals surface area contributed by atoms with Crippen LogP contribution in [-0.2, 0) is 0 Å². The largest absolute Gasteiger partial charge is 0.259 e. The Kier molecular flexibility index (Phi) is 2.83. The predicted octanol–water partition coefficient (Wildman–Crippen LogP) is 3.04. The lowest BCUT2D eigenvalue weighted by Crippen LogP contribution is -1.91. The van der Waals surface area contributed by atoms with E-state index in [1.54, 1.807) is 12.1 Å². The summed E-state index contributed by atoms with van der Waals surface area (Å²) in [7, 11) is 0. The highest BCUT2D eigenvalue weighted by molar-refractivity contribution is 7.16. The molecule has 1 aromatic rings. The summed E-state index contributed by atoms with van der Waals surface area (Å²) in [5.41, 5.74) is 0.119. The van der Waals surface area contributed by atoms with Crippen LogP contribution in [0.2, 0.25) is 4.34 Å². The molecule has 12 heavy (non-hydrogen) atoms. The Bertz CT molecular complexity index is 332. The summed E-state index contributed by atoms with van der Waals surface area (Å²) in [6.45, 7) is 1.45. The summed E-state index contributed by atoms with van der Waals surface area (Å²) in [4.78, 5) is 10.6. The summed E-state index contributed by atoms with van der Waals surface area (Å²) < 4.78 is 0.636. The lowest BCUT2D eigenvalue weighted by Gasteiger charge is -1.86. The second kappa shape index (κ2) is 3.69. The van der Waals surface area contributed by atoms with Crippen LogP contribution in [0.1, 0.15) is 11.8 Å². The number of nitro groups is 1. The summed E-state index contributed by atoms with van der Waals surface area (Å²) in [5.74, 6) is 0. The zero-order valence-electron chi connectivity index (χ0n) is 6.28. The molecule has 0 amide bonds. The molecule has 1 rings (SSSR count). The van der Waals surface area contributed by atoms with E-state index in [9.17, 15) is 10.1 Å². The molecule has 0 radical (unpaired) electrons. The first kappa shape index (κ1) is 9.22. The van der Waals surface area contributed by atoms with Crippen LogP contribution in [-0.4, -0.2) is 4.92 Å². The highest BCUT2D eigenvalue weighted by atomic mass is 35.5. The molecule has 0 spiro atoms. The van der Waals surface area contributed by atoms with Crippen molar-refractivity contribution in [3.8, 4) is 0 Å². The minimum absolute atomic E-state index is 0.119. The van der Waals surface area contributed by atoms with Crippen LogP contribution in [0.15, 0.2) is 17.8 Å². The molecule has 0 aliphatic rings. The highest BCUT2D eigenvalue weighted by Gasteiger charge is 2.03. The smallest absolute Gasteiger partial charge is 0.244 e. The molecule has 0 saturated heterocycles. The normalized spacial score (nSPS) is 11.7. The monoisotopic (exact) mass is 203 g/mol. The predicted molar refractivity (Wildman–Crippen MR) is 50.0 cm³/mol. The molecule has 0 aromatic carbocycles. The van der Waals surface area contributed by atoms with E-state index in [0.717, 1.165) is 4.88 Å². The van der Waals surface area contributed by atoms with Gasteiger partial charge >= 0.3 is 0 Å². The molecule has 5 heteroatoms. The van der Waals surface area contributed by atoms with Crippen LogP contribution in [0.3, 0.4) is 0 Å². The quantitative estimate of drug-likeness (QED) is 0.548. The van der Waals surface area contributed by atoms with Crippen LogP contribution < -0.4 is 0 Å². The molecule has 64 valence electrons. The van der Waals surface area contributed by atoms with Crippen molar-refractivity contribution in [2.75, 3.05) is 0 Å². The van der Waals surface area contributed by atoms with Gasteiger partial charge in [0, 0.05) is 17.9 Å². The molecule has 0 unspecified atom stereocenters. The van der Waals surface area contributed by atoms with E-state index in [1.807, 2.05) is 0 Å². The van der Waals surface area contributed by atoms with Gasteiger partial charge in [0.05, 0.1) is 9.26 Å². The van der Waals surface area contributed by atoms with E-state index in [2.05, 4.69) is 0 Å². The van der Waals surface area contributed by atoms with E-state index >= 15 is 0 Å². The zero-order chi connectivity index (χ0) is 9.14. The standard InChI is InChI=1S/C7H6ClNO2S/c1-5(9(10)11)4-6-2-3-7(8)12-6/h2-4H,1H3. The average Bonchev–Trinajstić information content (AvgIpc) is 2.35. The van der Waals surface area contributed by atoms with E-state index in [0.29, 0.717) is 4.34 Å². The maximum Gasteiger partial charge on any atom is 0.244 e. The van der Waals surface area contributed by atoms with Gasteiger partial charge < -0.3 is 0 Å². The molecule has 0 aliphatic heterocycles. The molecule has 0 saturated carbocycles.